The van der Waals surface area contributed by atoms with Gasteiger partial charge in [0, 0.05) is 30.7 Å². The van der Waals surface area contributed by atoms with Crippen molar-refractivity contribution in [1.29, 1.82) is 0 Å². The first kappa shape index (κ1) is 12.2. The van der Waals surface area contributed by atoms with E-state index in [4.69, 9.17) is 0 Å². The Hall–Kier alpha value is -0.830. The van der Waals surface area contributed by atoms with Gasteiger partial charge in [-0.2, -0.15) is 5.10 Å². The van der Waals surface area contributed by atoms with Gasteiger partial charge in [0.05, 0.1) is 5.69 Å². The molecule has 2 fully saturated rings. The fourth-order valence-electron chi connectivity index (χ4n) is 3.59. The fourth-order valence-corrected chi connectivity index (χ4v) is 3.59. The number of rotatable bonds is 3. The highest BCUT2D eigenvalue weighted by atomic mass is 15.3. The van der Waals surface area contributed by atoms with Gasteiger partial charge in [-0.25, -0.2) is 0 Å². The van der Waals surface area contributed by atoms with Gasteiger partial charge in [-0.3, -0.25) is 4.68 Å². The third kappa shape index (κ3) is 2.46. The number of aromatic nitrogens is 2. The van der Waals surface area contributed by atoms with E-state index in [1.165, 1.54) is 37.8 Å². The third-order valence-electron chi connectivity index (χ3n) is 4.64. The van der Waals surface area contributed by atoms with Gasteiger partial charge >= 0.3 is 0 Å². The minimum absolute atomic E-state index is 0.470. The van der Waals surface area contributed by atoms with E-state index in [9.17, 15) is 0 Å². The van der Waals surface area contributed by atoms with Gasteiger partial charge in [0.25, 0.3) is 0 Å². The monoisotopic (exact) mass is 247 g/mol. The van der Waals surface area contributed by atoms with Crippen LogP contribution in [-0.2, 0) is 6.42 Å². The smallest absolute Gasteiger partial charge is 0.0640 e. The minimum atomic E-state index is 0.470. The minimum Gasteiger partial charge on any atom is -0.311 e. The van der Waals surface area contributed by atoms with Crippen LogP contribution in [0.25, 0.3) is 0 Å². The molecule has 1 saturated carbocycles. The largest absolute Gasteiger partial charge is 0.311 e. The highest BCUT2D eigenvalue weighted by Gasteiger charge is 2.33. The van der Waals surface area contributed by atoms with Gasteiger partial charge in [0.15, 0.2) is 0 Å². The molecular formula is C15H25N3. The van der Waals surface area contributed by atoms with Gasteiger partial charge in [-0.1, -0.05) is 6.42 Å². The average Bonchev–Trinajstić information content (AvgIpc) is 2.96. The third-order valence-corrected chi connectivity index (χ3v) is 4.64. The maximum atomic E-state index is 4.67. The topological polar surface area (TPSA) is 29.9 Å². The van der Waals surface area contributed by atoms with Crippen LogP contribution in [-0.4, -0.2) is 21.9 Å². The summed E-state index contributed by atoms with van der Waals surface area (Å²) in [6.45, 7) is 4.36. The lowest BCUT2D eigenvalue weighted by atomic mass is 9.88. The van der Waals surface area contributed by atoms with Crippen LogP contribution in [0.4, 0.5) is 0 Å². The van der Waals surface area contributed by atoms with E-state index in [2.05, 4.69) is 41.2 Å². The maximum absolute atomic E-state index is 4.67. The molecule has 1 aromatic rings. The molecule has 18 heavy (non-hydrogen) atoms. The predicted molar refractivity (Wildman–Crippen MR) is 73.6 cm³/mol. The molecule has 3 atom stereocenters. The Morgan fingerprint density at radius 3 is 3.00 bits per heavy atom. The molecule has 3 unspecified atom stereocenters. The summed E-state index contributed by atoms with van der Waals surface area (Å²) >= 11 is 0. The van der Waals surface area contributed by atoms with Crippen LogP contribution in [0.2, 0.25) is 0 Å². The van der Waals surface area contributed by atoms with E-state index in [0.29, 0.717) is 12.1 Å². The zero-order valence-electron chi connectivity index (χ0n) is 11.6. The summed E-state index contributed by atoms with van der Waals surface area (Å²) in [6.07, 6.45) is 10.2. The van der Waals surface area contributed by atoms with E-state index in [-0.39, 0.29) is 0 Å². The molecule has 0 radical (unpaired) electrons. The number of piperidine rings is 1. The van der Waals surface area contributed by atoms with Gasteiger partial charge in [-0.05, 0) is 51.5 Å². The Kier molecular flexibility index (Phi) is 3.42. The molecule has 2 heterocycles. The quantitative estimate of drug-likeness (QED) is 0.890. The zero-order valence-corrected chi connectivity index (χ0v) is 11.6. The predicted octanol–water partition coefficient (Wildman–Crippen LogP) is 2.93. The summed E-state index contributed by atoms with van der Waals surface area (Å²) in [5, 5.41) is 8.52. The van der Waals surface area contributed by atoms with Gasteiger partial charge in [0.2, 0.25) is 0 Å². The summed E-state index contributed by atoms with van der Waals surface area (Å²) in [4.78, 5) is 0. The van der Waals surface area contributed by atoms with Crippen molar-refractivity contribution in [3.05, 3.63) is 18.0 Å². The van der Waals surface area contributed by atoms with Crippen LogP contribution in [0.15, 0.2) is 12.3 Å². The van der Waals surface area contributed by atoms with Crippen molar-refractivity contribution >= 4 is 0 Å². The summed E-state index contributed by atoms with van der Waals surface area (Å²) in [5.41, 5.74) is 1.25. The Labute approximate surface area is 110 Å². The summed E-state index contributed by atoms with van der Waals surface area (Å²) in [7, 11) is 0. The van der Waals surface area contributed by atoms with Crippen LogP contribution in [0.5, 0.6) is 0 Å². The molecule has 1 aliphatic heterocycles. The van der Waals surface area contributed by atoms with Crippen LogP contribution >= 0.6 is 0 Å². The molecule has 0 bridgehead atoms. The van der Waals surface area contributed by atoms with Crippen molar-refractivity contribution in [2.75, 3.05) is 0 Å². The van der Waals surface area contributed by atoms with Gasteiger partial charge < -0.3 is 5.32 Å². The van der Waals surface area contributed by atoms with Crippen molar-refractivity contribution in [2.24, 2.45) is 5.92 Å². The van der Waals surface area contributed by atoms with E-state index in [1.54, 1.807) is 0 Å². The number of nitrogens with one attached hydrogen (secondary N) is 1. The fraction of sp³-hybridized carbons (Fsp3) is 0.800. The van der Waals surface area contributed by atoms with E-state index in [1.807, 2.05) is 0 Å². The number of nitrogens with zero attached hydrogens (tertiary/aromatic N) is 2. The Bertz CT molecular complexity index is 396. The molecule has 100 valence electrons. The molecule has 1 aliphatic carbocycles. The van der Waals surface area contributed by atoms with Crippen molar-refractivity contribution in [2.45, 2.75) is 70.5 Å². The Morgan fingerprint density at radius 2 is 2.22 bits per heavy atom. The molecule has 0 aromatic carbocycles. The number of fused-ring (bicyclic) bond motifs is 1. The van der Waals surface area contributed by atoms with Crippen LogP contribution in [0, 0.1) is 5.92 Å². The summed E-state index contributed by atoms with van der Waals surface area (Å²) < 4.78 is 2.07. The van der Waals surface area contributed by atoms with Crippen LogP contribution in [0.1, 0.15) is 57.7 Å². The molecule has 3 nitrogen and oxygen atoms in total. The lowest BCUT2D eigenvalue weighted by Crippen LogP contribution is -2.46. The Morgan fingerprint density at radius 1 is 1.33 bits per heavy atom. The standard InChI is InChI=1S/C15H25N3/c1-11(2)18-9-8-14(17-18)10-13-7-6-12-4-3-5-15(12)16-13/h8-9,11-13,15-16H,3-7,10H2,1-2H3. The number of hydrogen-bond donors (Lipinski definition) is 1. The normalized spacial score (nSPS) is 31.8. The second kappa shape index (κ2) is 5.04. The highest BCUT2D eigenvalue weighted by Crippen LogP contribution is 2.34. The first-order valence-corrected chi connectivity index (χ1v) is 7.52. The van der Waals surface area contributed by atoms with Gasteiger partial charge in [0.1, 0.15) is 0 Å². The summed E-state index contributed by atoms with van der Waals surface area (Å²) in [5.74, 6) is 0.967. The lowest BCUT2D eigenvalue weighted by Gasteiger charge is -2.33. The van der Waals surface area contributed by atoms with Crippen molar-refractivity contribution in [1.82, 2.24) is 15.1 Å². The molecule has 0 amide bonds. The second-order valence-electron chi connectivity index (χ2n) is 6.32. The first-order chi connectivity index (χ1) is 8.72. The molecule has 1 N–H and O–H groups in total. The lowest BCUT2D eigenvalue weighted by molar-refractivity contribution is 0.256. The maximum Gasteiger partial charge on any atom is 0.0640 e. The van der Waals surface area contributed by atoms with Crippen LogP contribution < -0.4 is 5.32 Å². The van der Waals surface area contributed by atoms with Crippen LogP contribution in [0.3, 0.4) is 0 Å². The first-order valence-electron chi connectivity index (χ1n) is 7.52. The zero-order chi connectivity index (χ0) is 12.5. The average molecular weight is 247 g/mol. The molecular weight excluding hydrogens is 222 g/mol. The highest BCUT2D eigenvalue weighted by molar-refractivity contribution is 5.04. The van der Waals surface area contributed by atoms with E-state index >= 15 is 0 Å². The number of hydrogen-bond acceptors (Lipinski definition) is 2. The van der Waals surface area contributed by atoms with Crippen molar-refractivity contribution in [3.63, 3.8) is 0 Å². The van der Waals surface area contributed by atoms with Crippen molar-refractivity contribution < 1.29 is 0 Å². The molecule has 1 aromatic heterocycles. The molecule has 1 saturated heterocycles. The Balaban J connectivity index is 1.59. The molecule has 0 spiro atoms. The van der Waals surface area contributed by atoms with E-state index < -0.39 is 0 Å². The summed E-state index contributed by atoms with van der Waals surface area (Å²) in [6, 6.07) is 4.11. The second-order valence-corrected chi connectivity index (χ2v) is 6.32. The SMILES string of the molecule is CC(C)n1ccc(CC2CCC3CCCC3N2)n1. The van der Waals surface area contributed by atoms with E-state index in [0.717, 1.165) is 18.4 Å². The molecule has 2 aliphatic rings. The van der Waals surface area contributed by atoms with Gasteiger partial charge in [-0.15, -0.1) is 0 Å². The molecule has 3 heteroatoms. The molecule has 3 rings (SSSR count). The van der Waals surface area contributed by atoms with Crippen molar-refractivity contribution in [3.8, 4) is 0 Å².